The average Bonchev–Trinajstić information content (AvgIpc) is 2.84. The average molecular weight is 208 g/mol. The highest BCUT2D eigenvalue weighted by Crippen LogP contribution is 2.30. The number of rotatable bonds is 2. The normalized spacial score (nSPS) is 25.1. The summed E-state index contributed by atoms with van der Waals surface area (Å²) in [6, 6.07) is 7.70. The van der Waals surface area contributed by atoms with E-state index in [9.17, 15) is 0 Å². The lowest BCUT2D eigenvalue weighted by molar-refractivity contribution is 0.530. The van der Waals surface area contributed by atoms with Crippen LogP contribution in [0.25, 0.3) is 0 Å². The number of benzene rings is 1. The van der Waals surface area contributed by atoms with Crippen molar-refractivity contribution >= 4 is 11.6 Å². The molecule has 0 amide bonds. The zero-order valence-corrected chi connectivity index (χ0v) is 8.85. The Morgan fingerprint density at radius 2 is 2.00 bits per heavy atom. The monoisotopic (exact) mass is 207 g/mol. The topological polar surface area (TPSA) is 12.0 Å². The predicted octanol–water partition coefficient (Wildman–Crippen LogP) is 2.56. The fourth-order valence-corrected chi connectivity index (χ4v) is 2.58. The zero-order chi connectivity index (χ0) is 9.54. The maximum Gasteiger partial charge on any atom is 0.0441 e. The zero-order valence-electron chi connectivity index (χ0n) is 8.09. The molecule has 1 atom stereocenters. The van der Waals surface area contributed by atoms with Crippen molar-refractivity contribution in [3.05, 3.63) is 34.3 Å². The van der Waals surface area contributed by atoms with Gasteiger partial charge in [-0.1, -0.05) is 23.7 Å². The summed E-state index contributed by atoms with van der Waals surface area (Å²) in [6.45, 7) is 0. The number of hydrogen-bond acceptors (Lipinski definition) is 1. The van der Waals surface area contributed by atoms with Gasteiger partial charge in [0.2, 0.25) is 0 Å². The molecule has 0 saturated heterocycles. The summed E-state index contributed by atoms with van der Waals surface area (Å²) in [5, 5.41) is 4.62. The van der Waals surface area contributed by atoms with Crippen LogP contribution in [0, 0.1) is 0 Å². The van der Waals surface area contributed by atoms with Gasteiger partial charge in [-0.15, -0.1) is 0 Å². The summed E-state index contributed by atoms with van der Waals surface area (Å²) >= 11 is 6.16. The van der Waals surface area contributed by atoms with Crippen molar-refractivity contribution in [1.29, 1.82) is 0 Å². The van der Waals surface area contributed by atoms with Crippen molar-refractivity contribution in [1.82, 2.24) is 5.32 Å². The van der Waals surface area contributed by atoms with Crippen LogP contribution in [-0.2, 0) is 12.8 Å². The SMILES string of the molecule is Clc1cccc2c1CC(NC1CC1)C2. The predicted molar refractivity (Wildman–Crippen MR) is 58.8 cm³/mol. The number of hydrogen-bond donors (Lipinski definition) is 1. The first-order valence-corrected chi connectivity index (χ1v) is 5.73. The molecule has 1 fully saturated rings. The third-order valence-electron chi connectivity index (χ3n) is 3.18. The summed E-state index contributed by atoms with van der Waals surface area (Å²) in [5.74, 6) is 0. The number of halogens is 1. The number of fused-ring (bicyclic) bond motifs is 1. The van der Waals surface area contributed by atoms with E-state index in [4.69, 9.17) is 11.6 Å². The third-order valence-corrected chi connectivity index (χ3v) is 3.54. The van der Waals surface area contributed by atoms with Crippen LogP contribution in [0.1, 0.15) is 24.0 Å². The Morgan fingerprint density at radius 3 is 2.71 bits per heavy atom. The van der Waals surface area contributed by atoms with Crippen LogP contribution in [0.2, 0.25) is 5.02 Å². The highest BCUT2D eigenvalue weighted by Gasteiger charge is 2.29. The van der Waals surface area contributed by atoms with E-state index in [0.29, 0.717) is 6.04 Å². The lowest BCUT2D eigenvalue weighted by Crippen LogP contribution is -2.31. The first-order valence-electron chi connectivity index (χ1n) is 5.35. The minimum absolute atomic E-state index is 0.636. The summed E-state index contributed by atoms with van der Waals surface area (Å²) in [7, 11) is 0. The Kier molecular flexibility index (Phi) is 2.03. The first kappa shape index (κ1) is 8.75. The minimum Gasteiger partial charge on any atom is -0.311 e. The van der Waals surface area contributed by atoms with Crippen molar-refractivity contribution in [2.75, 3.05) is 0 Å². The fourth-order valence-electron chi connectivity index (χ4n) is 2.31. The molecule has 0 radical (unpaired) electrons. The van der Waals surface area contributed by atoms with Gasteiger partial charge in [0.1, 0.15) is 0 Å². The van der Waals surface area contributed by atoms with E-state index in [1.807, 2.05) is 6.07 Å². The van der Waals surface area contributed by atoms with Crippen LogP contribution in [0.3, 0.4) is 0 Å². The molecule has 0 aromatic heterocycles. The van der Waals surface area contributed by atoms with Crippen LogP contribution in [0.15, 0.2) is 18.2 Å². The molecule has 2 aliphatic rings. The fraction of sp³-hybridized carbons (Fsp3) is 0.500. The van der Waals surface area contributed by atoms with Gasteiger partial charge in [0.05, 0.1) is 0 Å². The lowest BCUT2D eigenvalue weighted by atomic mass is 10.1. The van der Waals surface area contributed by atoms with E-state index in [2.05, 4.69) is 17.4 Å². The molecular weight excluding hydrogens is 194 g/mol. The van der Waals surface area contributed by atoms with Crippen LogP contribution in [0.4, 0.5) is 0 Å². The van der Waals surface area contributed by atoms with E-state index >= 15 is 0 Å². The molecule has 1 saturated carbocycles. The molecule has 1 aromatic carbocycles. The van der Waals surface area contributed by atoms with E-state index in [-0.39, 0.29) is 0 Å². The molecule has 14 heavy (non-hydrogen) atoms. The van der Waals surface area contributed by atoms with Crippen molar-refractivity contribution in [2.45, 2.75) is 37.8 Å². The van der Waals surface area contributed by atoms with Gasteiger partial charge in [-0.05, 0) is 42.9 Å². The Balaban J connectivity index is 1.78. The second-order valence-electron chi connectivity index (χ2n) is 4.42. The summed E-state index contributed by atoms with van der Waals surface area (Å²) in [6.07, 6.45) is 5.00. The molecule has 0 bridgehead atoms. The molecule has 1 unspecified atom stereocenters. The molecular formula is C12H14ClN. The van der Waals surface area contributed by atoms with Crippen molar-refractivity contribution < 1.29 is 0 Å². The van der Waals surface area contributed by atoms with Crippen LogP contribution in [0.5, 0.6) is 0 Å². The van der Waals surface area contributed by atoms with Gasteiger partial charge in [-0.2, -0.15) is 0 Å². The van der Waals surface area contributed by atoms with E-state index in [1.165, 1.54) is 24.0 Å². The molecule has 74 valence electrons. The molecule has 0 aliphatic heterocycles. The van der Waals surface area contributed by atoms with Crippen LogP contribution >= 0.6 is 11.6 Å². The molecule has 3 rings (SSSR count). The summed E-state index contributed by atoms with van der Waals surface area (Å²) < 4.78 is 0. The first-order chi connectivity index (χ1) is 6.83. The van der Waals surface area contributed by atoms with Gasteiger partial charge in [0.15, 0.2) is 0 Å². The van der Waals surface area contributed by atoms with Gasteiger partial charge in [-0.3, -0.25) is 0 Å². The van der Waals surface area contributed by atoms with Crippen LogP contribution < -0.4 is 5.32 Å². The van der Waals surface area contributed by atoms with Crippen molar-refractivity contribution in [3.8, 4) is 0 Å². The summed E-state index contributed by atoms with van der Waals surface area (Å²) in [5.41, 5.74) is 2.81. The smallest absolute Gasteiger partial charge is 0.0441 e. The Hall–Kier alpha value is -0.530. The molecule has 2 heteroatoms. The Labute approximate surface area is 89.5 Å². The van der Waals surface area contributed by atoms with Crippen LogP contribution in [-0.4, -0.2) is 12.1 Å². The van der Waals surface area contributed by atoms with Gasteiger partial charge in [0.25, 0.3) is 0 Å². The van der Waals surface area contributed by atoms with Crippen molar-refractivity contribution in [3.63, 3.8) is 0 Å². The highest BCUT2D eigenvalue weighted by atomic mass is 35.5. The minimum atomic E-state index is 0.636. The maximum atomic E-state index is 6.16. The van der Waals surface area contributed by atoms with Gasteiger partial charge in [0, 0.05) is 17.1 Å². The molecule has 1 nitrogen and oxygen atoms in total. The van der Waals surface area contributed by atoms with Crippen molar-refractivity contribution in [2.24, 2.45) is 0 Å². The third kappa shape index (κ3) is 1.55. The molecule has 1 aromatic rings. The second-order valence-corrected chi connectivity index (χ2v) is 4.83. The second kappa shape index (κ2) is 3.25. The largest absolute Gasteiger partial charge is 0.311 e. The standard InChI is InChI=1S/C12H14ClN/c13-12-3-1-2-8-6-10(7-11(8)12)14-9-4-5-9/h1-3,9-10,14H,4-7H2. The molecule has 0 heterocycles. The van der Waals surface area contributed by atoms with Gasteiger partial charge < -0.3 is 5.32 Å². The Morgan fingerprint density at radius 1 is 1.14 bits per heavy atom. The molecule has 2 aliphatic carbocycles. The Bertz CT molecular complexity index is 357. The lowest BCUT2D eigenvalue weighted by Gasteiger charge is -2.09. The molecule has 1 N–H and O–H groups in total. The molecule has 0 spiro atoms. The van der Waals surface area contributed by atoms with E-state index in [0.717, 1.165) is 23.9 Å². The van der Waals surface area contributed by atoms with E-state index in [1.54, 1.807) is 0 Å². The number of nitrogens with one attached hydrogen (secondary N) is 1. The highest BCUT2D eigenvalue weighted by molar-refractivity contribution is 6.31. The van der Waals surface area contributed by atoms with Gasteiger partial charge >= 0.3 is 0 Å². The quantitative estimate of drug-likeness (QED) is 0.786. The summed E-state index contributed by atoms with van der Waals surface area (Å²) in [4.78, 5) is 0. The van der Waals surface area contributed by atoms with Gasteiger partial charge in [-0.25, -0.2) is 0 Å². The van der Waals surface area contributed by atoms with E-state index < -0.39 is 0 Å². The maximum absolute atomic E-state index is 6.16.